The Morgan fingerprint density at radius 2 is 1.88 bits per heavy atom. The zero-order chi connectivity index (χ0) is 17.6. The van der Waals surface area contributed by atoms with Crippen LogP contribution in [0.4, 0.5) is 0 Å². The molecule has 0 fully saturated rings. The van der Waals surface area contributed by atoms with Gasteiger partial charge in [-0.2, -0.15) is 0 Å². The summed E-state index contributed by atoms with van der Waals surface area (Å²) in [6, 6.07) is 13.5. The highest BCUT2D eigenvalue weighted by Gasteiger charge is 2.15. The Labute approximate surface area is 153 Å². The average Bonchev–Trinajstić information content (AvgIpc) is 2.65. The van der Waals surface area contributed by atoms with Crippen LogP contribution in [0.3, 0.4) is 0 Å². The summed E-state index contributed by atoms with van der Waals surface area (Å²) in [5, 5.41) is 0.695. The second kappa shape index (κ2) is 8.26. The molecule has 3 rings (SSSR count). The summed E-state index contributed by atoms with van der Waals surface area (Å²) >= 11 is 6.21. The Balaban J connectivity index is 1.60. The third-order valence-electron chi connectivity index (χ3n) is 4.29. The standard InChI is InChI=1S/C20H22ClNO3/c1-2-22(14-16-5-3-4-6-17(16)21)20(23)10-8-15-7-9-18-19(13-15)25-12-11-24-18/h3-7,9,13H,2,8,10-12,14H2,1H3. The van der Waals surface area contributed by atoms with Gasteiger partial charge in [0.05, 0.1) is 0 Å². The summed E-state index contributed by atoms with van der Waals surface area (Å²) < 4.78 is 11.1. The quantitative estimate of drug-likeness (QED) is 0.779. The highest BCUT2D eigenvalue weighted by molar-refractivity contribution is 6.31. The van der Waals surface area contributed by atoms with E-state index in [4.69, 9.17) is 21.1 Å². The molecule has 2 aromatic rings. The number of rotatable bonds is 6. The Kier molecular flexibility index (Phi) is 5.82. The molecule has 5 heteroatoms. The largest absolute Gasteiger partial charge is 0.486 e. The van der Waals surface area contributed by atoms with E-state index < -0.39 is 0 Å². The molecule has 1 heterocycles. The van der Waals surface area contributed by atoms with E-state index in [1.165, 1.54) is 0 Å². The third-order valence-corrected chi connectivity index (χ3v) is 4.66. The van der Waals surface area contributed by atoms with Crippen molar-refractivity contribution in [3.8, 4) is 11.5 Å². The maximum Gasteiger partial charge on any atom is 0.223 e. The summed E-state index contributed by atoms with van der Waals surface area (Å²) in [6.07, 6.45) is 1.13. The van der Waals surface area contributed by atoms with Crippen LogP contribution in [0, 0.1) is 0 Å². The van der Waals surface area contributed by atoms with Gasteiger partial charge < -0.3 is 14.4 Å². The molecule has 1 amide bonds. The number of hydrogen-bond donors (Lipinski definition) is 0. The summed E-state index contributed by atoms with van der Waals surface area (Å²) in [7, 11) is 0. The lowest BCUT2D eigenvalue weighted by Crippen LogP contribution is -2.30. The van der Waals surface area contributed by atoms with Crippen molar-refractivity contribution in [3.63, 3.8) is 0 Å². The molecule has 0 unspecified atom stereocenters. The molecular weight excluding hydrogens is 338 g/mol. The van der Waals surface area contributed by atoms with E-state index in [0.717, 1.165) is 22.6 Å². The molecular formula is C20H22ClNO3. The number of carbonyl (C=O) groups excluding carboxylic acids is 1. The molecule has 0 atom stereocenters. The van der Waals surface area contributed by atoms with E-state index in [1.807, 2.05) is 54.3 Å². The van der Waals surface area contributed by atoms with Crippen LogP contribution in [0.15, 0.2) is 42.5 Å². The first kappa shape index (κ1) is 17.6. The topological polar surface area (TPSA) is 38.8 Å². The van der Waals surface area contributed by atoms with Gasteiger partial charge in [-0.05, 0) is 42.7 Å². The number of nitrogens with zero attached hydrogens (tertiary/aromatic N) is 1. The van der Waals surface area contributed by atoms with Gasteiger partial charge in [0, 0.05) is 24.5 Å². The van der Waals surface area contributed by atoms with Gasteiger partial charge >= 0.3 is 0 Å². The first-order valence-electron chi connectivity index (χ1n) is 8.57. The monoisotopic (exact) mass is 359 g/mol. The molecule has 4 nitrogen and oxygen atoms in total. The smallest absolute Gasteiger partial charge is 0.223 e. The van der Waals surface area contributed by atoms with Crippen LogP contribution in [-0.4, -0.2) is 30.6 Å². The van der Waals surface area contributed by atoms with Crippen molar-refractivity contribution >= 4 is 17.5 Å². The fourth-order valence-electron chi connectivity index (χ4n) is 2.86. The summed E-state index contributed by atoms with van der Waals surface area (Å²) in [6.45, 7) is 4.33. The predicted molar refractivity (Wildman–Crippen MR) is 98.3 cm³/mol. The zero-order valence-corrected chi connectivity index (χ0v) is 15.1. The van der Waals surface area contributed by atoms with Gasteiger partial charge in [-0.15, -0.1) is 0 Å². The predicted octanol–water partition coefficient (Wildman–Crippen LogP) is 4.09. The normalized spacial score (nSPS) is 12.7. The Morgan fingerprint density at radius 3 is 2.64 bits per heavy atom. The lowest BCUT2D eigenvalue weighted by Gasteiger charge is -2.22. The second-order valence-electron chi connectivity index (χ2n) is 5.98. The number of fused-ring (bicyclic) bond motifs is 1. The third kappa shape index (κ3) is 4.45. The Hall–Kier alpha value is -2.20. The Morgan fingerprint density at radius 1 is 1.12 bits per heavy atom. The van der Waals surface area contributed by atoms with Crippen LogP contribution in [0.1, 0.15) is 24.5 Å². The fraction of sp³-hybridized carbons (Fsp3) is 0.350. The highest BCUT2D eigenvalue weighted by atomic mass is 35.5. The number of halogens is 1. The summed E-state index contributed by atoms with van der Waals surface area (Å²) in [5.41, 5.74) is 2.05. The molecule has 0 aliphatic carbocycles. The van der Waals surface area contributed by atoms with Crippen LogP contribution in [0.25, 0.3) is 0 Å². The number of benzene rings is 2. The first-order chi connectivity index (χ1) is 12.2. The van der Waals surface area contributed by atoms with Gasteiger partial charge in [0.15, 0.2) is 11.5 Å². The summed E-state index contributed by atoms with van der Waals surface area (Å²) in [4.78, 5) is 14.4. The van der Waals surface area contributed by atoms with Crippen molar-refractivity contribution in [2.45, 2.75) is 26.3 Å². The molecule has 25 heavy (non-hydrogen) atoms. The van der Waals surface area contributed by atoms with Gasteiger partial charge in [-0.25, -0.2) is 0 Å². The molecule has 2 aromatic carbocycles. The molecule has 0 N–H and O–H groups in total. The Bertz CT molecular complexity index is 747. The van der Waals surface area contributed by atoms with E-state index in [1.54, 1.807) is 0 Å². The lowest BCUT2D eigenvalue weighted by molar-refractivity contribution is -0.131. The molecule has 132 valence electrons. The molecule has 0 spiro atoms. The van der Waals surface area contributed by atoms with Crippen molar-refractivity contribution in [3.05, 3.63) is 58.6 Å². The number of hydrogen-bond acceptors (Lipinski definition) is 3. The maximum atomic E-state index is 12.6. The van der Waals surface area contributed by atoms with Crippen molar-refractivity contribution in [1.29, 1.82) is 0 Å². The molecule has 0 aromatic heterocycles. The molecule has 0 saturated heterocycles. The van der Waals surface area contributed by atoms with Gasteiger partial charge in [-0.1, -0.05) is 35.9 Å². The number of amides is 1. The highest BCUT2D eigenvalue weighted by Crippen LogP contribution is 2.31. The minimum atomic E-state index is 0.123. The molecule has 0 bridgehead atoms. The van der Waals surface area contributed by atoms with Crippen molar-refractivity contribution in [2.24, 2.45) is 0 Å². The van der Waals surface area contributed by atoms with Gasteiger partial charge in [-0.3, -0.25) is 4.79 Å². The minimum Gasteiger partial charge on any atom is -0.486 e. The van der Waals surface area contributed by atoms with Crippen molar-refractivity contribution in [2.75, 3.05) is 19.8 Å². The molecule has 1 aliphatic heterocycles. The SMILES string of the molecule is CCN(Cc1ccccc1Cl)C(=O)CCc1ccc2c(c1)OCCO2. The fourth-order valence-corrected chi connectivity index (χ4v) is 3.06. The number of ether oxygens (including phenoxy) is 2. The van der Waals surface area contributed by atoms with Crippen LogP contribution in [0.5, 0.6) is 11.5 Å². The molecule has 0 radical (unpaired) electrons. The van der Waals surface area contributed by atoms with Gasteiger partial charge in [0.2, 0.25) is 5.91 Å². The van der Waals surface area contributed by atoms with Gasteiger partial charge in [0.25, 0.3) is 0 Å². The number of carbonyl (C=O) groups is 1. The molecule has 1 aliphatic rings. The van der Waals surface area contributed by atoms with Crippen LogP contribution >= 0.6 is 11.6 Å². The average molecular weight is 360 g/mol. The van der Waals surface area contributed by atoms with E-state index >= 15 is 0 Å². The van der Waals surface area contributed by atoms with Crippen LogP contribution in [0.2, 0.25) is 5.02 Å². The lowest BCUT2D eigenvalue weighted by atomic mass is 10.1. The minimum absolute atomic E-state index is 0.123. The maximum absolute atomic E-state index is 12.6. The van der Waals surface area contributed by atoms with Crippen molar-refractivity contribution in [1.82, 2.24) is 4.90 Å². The second-order valence-corrected chi connectivity index (χ2v) is 6.38. The van der Waals surface area contributed by atoms with E-state index in [9.17, 15) is 4.79 Å². The van der Waals surface area contributed by atoms with E-state index in [0.29, 0.717) is 44.2 Å². The summed E-state index contributed by atoms with van der Waals surface area (Å²) in [5.74, 6) is 1.66. The van der Waals surface area contributed by atoms with Crippen LogP contribution in [-0.2, 0) is 17.8 Å². The molecule has 0 saturated carbocycles. The number of aryl methyl sites for hydroxylation is 1. The van der Waals surface area contributed by atoms with Gasteiger partial charge in [0.1, 0.15) is 13.2 Å². The zero-order valence-electron chi connectivity index (χ0n) is 14.3. The van der Waals surface area contributed by atoms with E-state index in [-0.39, 0.29) is 5.91 Å². The van der Waals surface area contributed by atoms with Crippen LogP contribution < -0.4 is 9.47 Å². The van der Waals surface area contributed by atoms with E-state index in [2.05, 4.69) is 0 Å². The first-order valence-corrected chi connectivity index (χ1v) is 8.95. The van der Waals surface area contributed by atoms with Crippen molar-refractivity contribution < 1.29 is 14.3 Å².